The van der Waals surface area contributed by atoms with Gasteiger partial charge in [0.1, 0.15) is 0 Å². The van der Waals surface area contributed by atoms with E-state index in [-0.39, 0.29) is 5.03 Å². The van der Waals surface area contributed by atoms with E-state index in [0.29, 0.717) is 19.6 Å². The van der Waals surface area contributed by atoms with Crippen LogP contribution in [-0.2, 0) is 17.1 Å². The average molecular weight is 301 g/mol. The molecule has 0 bridgehead atoms. The van der Waals surface area contributed by atoms with E-state index in [4.69, 9.17) is 5.73 Å². The SMILES string of the molecule is Cn1cnc(S(=O)(=O)N2CCCN(CCCN)CC2)c1. The highest BCUT2D eigenvalue weighted by molar-refractivity contribution is 7.89. The van der Waals surface area contributed by atoms with Gasteiger partial charge in [-0.25, -0.2) is 13.4 Å². The number of rotatable bonds is 5. The maximum absolute atomic E-state index is 12.5. The lowest BCUT2D eigenvalue weighted by Crippen LogP contribution is -2.35. The standard InChI is InChI=1S/C12H23N5O2S/c1-15-10-12(14-11-15)20(18,19)17-7-3-6-16(8-9-17)5-2-4-13/h10-11H,2-9,13H2,1H3. The first kappa shape index (κ1) is 15.4. The summed E-state index contributed by atoms with van der Waals surface area (Å²) in [6.07, 6.45) is 4.86. The minimum atomic E-state index is -3.46. The number of aryl methyl sites for hydroxylation is 1. The van der Waals surface area contributed by atoms with E-state index in [0.717, 1.165) is 32.5 Å². The smallest absolute Gasteiger partial charge is 0.262 e. The van der Waals surface area contributed by atoms with E-state index in [2.05, 4.69) is 9.88 Å². The summed E-state index contributed by atoms with van der Waals surface area (Å²) in [5, 5.41) is 0.135. The Morgan fingerprint density at radius 1 is 1.30 bits per heavy atom. The van der Waals surface area contributed by atoms with Gasteiger partial charge in [-0.2, -0.15) is 4.31 Å². The van der Waals surface area contributed by atoms with Crippen molar-refractivity contribution >= 4 is 10.0 Å². The van der Waals surface area contributed by atoms with Crippen molar-refractivity contribution in [2.24, 2.45) is 12.8 Å². The van der Waals surface area contributed by atoms with Crippen molar-refractivity contribution in [3.8, 4) is 0 Å². The fraction of sp³-hybridized carbons (Fsp3) is 0.750. The van der Waals surface area contributed by atoms with Crippen LogP contribution in [0.1, 0.15) is 12.8 Å². The molecule has 8 heteroatoms. The first-order valence-corrected chi connectivity index (χ1v) is 8.38. The van der Waals surface area contributed by atoms with Gasteiger partial charge < -0.3 is 15.2 Å². The van der Waals surface area contributed by atoms with E-state index in [9.17, 15) is 8.42 Å². The number of nitrogens with zero attached hydrogens (tertiary/aromatic N) is 4. The zero-order valence-electron chi connectivity index (χ0n) is 11.9. The lowest BCUT2D eigenvalue weighted by atomic mass is 10.3. The molecule has 1 aromatic heterocycles. The highest BCUT2D eigenvalue weighted by Gasteiger charge is 2.28. The molecule has 114 valence electrons. The Balaban J connectivity index is 2.02. The molecule has 20 heavy (non-hydrogen) atoms. The van der Waals surface area contributed by atoms with Gasteiger partial charge in [-0.05, 0) is 32.5 Å². The van der Waals surface area contributed by atoms with Gasteiger partial charge in [0.25, 0.3) is 10.0 Å². The van der Waals surface area contributed by atoms with Gasteiger partial charge in [0, 0.05) is 32.9 Å². The Morgan fingerprint density at radius 3 is 2.75 bits per heavy atom. The maximum atomic E-state index is 12.5. The van der Waals surface area contributed by atoms with Crippen molar-refractivity contribution in [2.75, 3.05) is 39.3 Å². The van der Waals surface area contributed by atoms with Gasteiger partial charge in [0.15, 0.2) is 5.03 Å². The first-order chi connectivity index (χ1) is 9.54. The maximum Gasteiger partial charge on any atom is 0.262 e. The molecule has 0 saturated carbocycles. The van der Waals surface area contributed by atoms with Gasteiger partial charge in [0.05, 0.1) is 6.33 Å². The van der Waals surface area contributed by atoms with Crippen molar-refractivity contribution in [2.45, 2.75) is 17.9 Å². The fourth-order valence-corrected chi connectivity index (χ4v) is 3.82. The molecule has 1 saturated heterocycles. The Kier molecular flexibility index (Phi) is 5.14. The summed E-state index contributed by atoms with van der Waals surface area (Å²) in [5.41, 5.74) is 5.52. The lowest BCUT2D eigenvalue weighted by Gasteiger charge is -2.20. The summed E-state index contributed by atoms with van der Waals surface area (Å²) in [4.78, 5) is 6.24. The third kappa shape index (κ3) is 3.57. The van der Waals surface area contributed by atoms with E-state index in [1.165, 1.54) is 10.6 Å². The van der Waals surface area contributed by atoms with Gasteiger partial charge in [0.2, 0.25) is 0 Å². The van der Waals surface area contributed by atoms with Crippen LogP contribution in [0, 0.1) is 0 Å². The monoisotopic (exact) mass is 301 g/mol. The van der Waals surface area contributed by atoms with Gasteiger partial charge in [-0.15, -0.1) is 0 Å². The van der Waals surface area contributed by atoms with Crippen LogP contribution in [0.2, 0.25) is 0 Å². The summed E-state index contributed by atoms with van der Waals surface area (Å²) in [5.74, 6) is 0. The second kappa shape index (κ2) is 6.66. The van der Waals surface area contributed by atoms with E-state index in [1.807, 2.05) is 0 Å². The predicted molar refractivity (Wildman–Crippen MR) is 76.7 cm³/mol. The molecular weight excluding hydrogens is 278 g/mol. The Bertz CT molecular complexity index is 528. The summed E-state index contributed by atoms with van der Waals surface area (Å²) in [6.45, 7) is 4.36. The zero-order chi connectivity index (χ0) is 14.6. The highest BCUT2D eigenvalue weighted by Crippen LogP contribution is 2.15. The largest absolute Gasteiger partial charge is 0.339 e. The van der Waals surface area contributed by atoms with Gasteiger partial charge in [-0.1, -0.05) is 0 Å². The summed E-state index contributed by atoms with van der Waals surface area (Å²) >= 11 is 0. The normalized spacial score (nSPS) is 19.1. The Labute approximate surface area is 120 Å². The average Bonchev–Trinajstić information content (AvgIpc) is 2.72. The molecular formula is C12H23N5O2S. The summed E-state index contributed by atoms with van der Waals surface area (Å²) < 4.78 is 28.2. The number of hydrogen-bond donors (Lipinski definition) is 1. The molecule has 7 nitrogen and oxygen atoms in total. The van der Waals surface area contributed by atoms with Crippen LogP contribution in [0.25, 0.3) is 0 Å². The molecule has 0 aliphatic carbocycles. The molecule has 0 spiro atoms. The third-order valence-electron chi connectivity index (χ3n) is 3.51. The number of sulfonamides is 1. The molecule has 0 radical (unpaired) electrons. The topological polar surface area (TPSA) is 84.5 Å². The van der Waals surface area contributed by atoms with Crippen LogP contribution >= 0.6 is 0 Å². The number of hydrogen-bond acceptors (Lipinski definition) is 5. The van der Waals surface area contributed by atoms with E-state index < -0.39 is 10.0 Å². The van der Waals surface area contributed by atoms with Crippen LogP contribution in [0.5, 0.6) is 0 Å². The van der Waals surface area contributed by atoms with Crippen molar-refractivity contribution in [1.82, 2.24) is 18.8 Å². The van der Waals surface area contributed by atoms with Gasteiger partial charge >= 0.3 is 0 Å². The molecule has 2 heterocycles. The minimum Gasteiger partial charge on any atom is -0.339 e. The van der Waals surface area contributed by atoms with Gasteiger partial charge in [-0.3, -0.25) is 0 Å². The molecule has 0 aromatic carbocycles. The molecule has 2 rings (SSSR count). The number of aromatic nitrogens is 2. The molecule has 1 fully saturated rings. The van der Waals surface area contributed by atoms with Crippen LogP contribution in [0.3, 0.4) is 0 Å². The fourth-order valence-electron chi connectivity index (χ4n) is 2.38. The third-order valence-corrected chi connectivity index (χ3v) is 5.30. The van der Waals surface area contributed by atoms with Crippen LogP contribution < -0.4 is 5.73 Å². The molecule has 0 amide bonds. The summed E-state index contributed by atoms with van der Waals surface area (Å²) in [6, 6.07) is 0. The van der Waals surface area contributed by atoms with E-state index in [1.54, 1.807) is 17.8 Å². The second-order valence-electron chi connectivity index (χ2n) is 5.12. The van der Waals surface area contributed by atoms with Crippen molar-refractivity contribution in [1.29, 1.82) is 0 Å². The molecule has 1 aliphatic heterocycles. The second-order valence-corrected chi connectivity index (χ2v) is 7.00. The van der Waals surface area contributed by atoms with Crippen LogP contribution in [-0.4, -0.2) is 66.4 Å². The molecule has 2 N–H and O–H groups in total. The van der Waals surface area contributed by atoms with Crippen molar-refractivity contribution < 1.29 is 8.42 Å². The van der Waals surface area contributed by atoms with E-state index >= 15 is 0 Å². The molecule has 1 aliphatic rings. The number of nitrogens with two attached hydrogens (primary N) is 1. The van der Waals surface area contributed by atoms with Crippen molar-refractivity contribution in [3.05, 3.63) is 12.5 Å². The summed E-state index contributed by atoms with van der Waals surface area (Å²) in [7, 11) is -1.69. The molecule has 0 atom stereocenters. The van der Waals surface area contributed by atoms with Crippen LogP contribution in [0.4, 0.5) is 0 Å². The first-order valence-electron chi connectivity index (χ1n) is 6.94. The predicted octanol–water partition coefficient (Wildman–Crippen LogP) is -0.535. The number of imidazole rings is 1. The lowest BCUT2D eigenvalue weighted by molar-refractivity contribution is 0.284. The zero-order valence-corrected chi connectivity index (χ0v) is 12.7. The van der Waals surface area contributed by atoms with Crippen LogP contribution in [0.15, 0.2) is 17.6 Å². The minimum absolute atomic E-state index is 0.135. The Morgan fingerprint density at radius 2 is 2.10 bits per heavy atom. The quantitative estimate of drug-likeness (QED) is 0.790. The molecule has 1 aromatic rings. The highest BCUT2D eigenvalue weighted by atomic mass is 32.2. The Hall–Kier alpha value is -0.960. The van der Waals surface area contributed by atoms with Crippen molar-refractivity contribution in [3.63, 3.8) is 0 Å². The molecule has 0 unspecified atom stereocenters.